The van der Waals surface area contributed by atoms with Crippen LogP contribution in [-0.2, 0) is 4.79 Å². The maximum Gasteiger partial charge on any atom is 0.251 e. The fourth-order valence-electron chi connectivity index (χ4n) is 1.89. The molecule has 2 rings (SSSR count). The first-order valence-corrected chi connectivity index (χ1v) is 7.13. The molecule has 96 valence electrons. The molecule has 1 saturated heterocycles. The molecule has 5 heteroatoms. The minimum absolute atomic E-state index is 0.0681. The summed E-state index contributed by atoms with van der Waals surface area (Å²) in [6.45, 7) is 0.495. The van der Waals surface area contributed by atoms with Gasteiger partial charge in [0.05, 0.1) is 0 Å². The van der Waals surface area contributed by atoms with E-state index in [1.165, 1.54) is 0 Å². The minimum atomic E-state index is -0.0937. The Balaban J connectivity index is 1.85. The molecule has 0 bridgehead atoms. The Labute approximate surface area is 111 Å². The number of carbonyl (C=O) groups is 2. The van der Waals surface area contributed by atoms with E-state index >= 15 is 0 Å². The standard InChI is InChI=1S/C13H16N2O2S/c1-18-11-5-2-9(3-6-11)13(17)14-8-10-4-7-12(16)15-10/h2-3,5-6,10H,4,7-8H2,1H3,(H,14,17)(H,15,16)/t10-/m0/s1. The van der Waals surface area contributed by atoms with Crippen molar-refractivity contribution in [2.75, 3.05) is 12.8 Å². The first-order valence-electron chi connectivity index (χ1n) is 5.90. The van der Waals surface area contributed by atoms with Crippen molar-refractivity contribution in [3.05, 3.63) is 29.8 Å². The van der Waals surface area contributed by atoms with E-state index in [2.05, 4.69) is 10.6 Å². The molecule has 1 aliphatic rings. The van der Waals surface area contributed by atoms with Gasteiger partial charge in [-0.1, -0.05) is 0 Å². The number of carbonyl (C=O) groups excluding carboxylic acids is 2. The molecule has 1 aromatic carbocycles. The molecule has 0 aromatic heterocycles. The number of amides is 2. The van der Waals surface area contributed by atoms with Gasteiger partial charge in [0.25, 0.3) is 5.91 Å². The molecule has 4 nitrogen and oxygen atoms in total. The second-order valence-corrected chi connectivity index (χ2v) is 5.12. The lowest BCUT2D eigenvalue weighted by atomic mass is 10.2. The van der Waals surface area contributed by atoms with Crippen LogP contribution in [0.4, 0.5) is 0 Å². The van der Waals surface area contributed by atoms with Crippen LogP contribution >= 0.6 is 11.8 Å². The van der Waals surface area contributed by atoms with E-state index in [0.29, 0.717) is 18.5 Å². The van der Waals surface area contributed by atoms with Crippen LogP contribution in [0.2, 0.25) is 0 Å². The van der Waals surface area contributed by atoms with Gasteiger partial charge in [-0.2, -0.15) is 0 Å². The van der Waals surface area contributed by atoms with Gasteiger partial charge in [-0.05, 0) is 36.9 Å². The second kappa shape index (κ2) is 5.91. The normalized spacial score (nSPS) is 18.5. The summed E-state index contributed by atoms with van der Waals surface area (Å²) < 4.78 is 0. The van der Waals surface area contributed by atoms with E-state index in [1.54, 1.807) is 11.8 Å². The van der Waals surface area contributed by atoms with Gasteiger partial charge in [-0.15, -0.1) is 11.8 Å². The molecule has 0 spiro atoms. The molecule has 18 heavy (non-hydrogen) atoms. The third-order valence-corrected chi connectivity index (χ3v) is 3.69. The van der Waals surface area contributed by atoms with E-state index in [4.69, 9.17) is 0 Å². The first kappa shape index (κ1) is 13.0. The van der Waals surface area contributed by atoms with Crippen LogP contribution in [0.25, 0.3) is 0 Å². The molecular weight excluding hydrogens is 248 g/mol. The molecule has 0 unspecified atom stereocenters. The molecule has 0 radical (unpaired) electrons. The molecule has 2 amide bonds. The first-order chi connectivity index (χ1) is 8.69. The van der Waals surface area contributed by atoms with E-state index in [-0.39, 0.29) is 17.9 Å². The number of hydrogen-bond acceptors (Lipinski definition) is 3. The van der Waals surface area contributed by atoms with Crippen molar-refractivity contribution >= 4 is 23.6 Å². The lowest BCUT2D eigenvalue weighted by molar-refractivity contribution is -0.119. The molecular formula is C13H16N2O2S. The molecule has 1 aromatic rings. The van der Waals surface area contributed by atoms with Gasteiger partial charge in [-0.25, -0.2) is 0 Å². The fourth-order valence-corrected chi connectivity index (χ4v) is 2.30. The highest BCUT2D eigenvalue weighted by molar-refractivity contribution is 7.98. The Morgan fingerprint density at radius 3 is 2.72 bits per heavy atom. The van der Waals surface area contributed by atoms with Crippen LogP contribution in [0.15, 0.2) is 29.2 Å². The van der Waals surface area contributed by atoms with Crippen LogP contribution in [0.1, 0.15) is 23.2 Å². The van der Waals surface area contributed by atoms with Crippen LogP contribution in [-0.4, -0.2) is 30.7 Å². The maximum absolute atomic E-state index is 11.9. The monoisotopic (exact) mass is 264 g/mol. The van der Waals surface area contributed by atoms with Crippen LogP contribution in [0.5, 0.6) is 0 Å². The Bertz CT molecular complexity index is 445. The van der Waals surface area contributed by atoms with Crippen LogP contribution in [0.3, 0.4) is 0 Å². The summed E-state index contributed by atoms with van der Waals surface area (Å²) in [6, 6.07) is 7.56. The van der Waals surface area contributed by atoms with Crippen molar-refractivity contribution in [1.29, 1.82) is 0 Å². The van der Waals surface area contributed by atoms with Gasteiger partial charge >= 0.3 is 0 Å². The summed E-state index contributed by atoms with van der Waals surface area (Å²) in [5.74, 6) is -0.0256. The highest BCUT2D eigenvalue weighted by atomic mass is 32.2. The summed E-state index contributed by atoms with van der Waals surface area (Å²) in [7, 11) is 0. The highest BCUT2D eigenvalue weighted by Crippen LogP contribution is 2.14. The lowest BCUT2D eigenvalue weighted by Crippen LogP contribution is -2.38. The molecule has 0 saturated carbocycles. The number of benzene rings is 1. The van der Waals surface area contributed by atoms with Crippen molar-refractivity contribution in [3.63, 3.8) is 0 Å². The van der Waals surface area contributed by atoms with Crippen molar-refractivity contribution < 1.29 is 9.59 Å². The highest BCUT2D eigenvalue weighted by Gasteiger charge is 2.20. The molecule has 1 atom stereocenters. The SMILES string of the molecule is CSc1ccc(C(=O)NC[C@@H]2CCC(=O)N2)cc1. The van der Waals surface area contributed by atoms with Crippen LogP contribution < -0.4 is 10.6 Å². The van der Waals surface area contributed by atoms with Gasteiger partial charge in [-0.3, -0.25) is 9.59 Å². The zero-order valence-electron chi connectivity index (χ0n) is 10.2. The van der Waals surface area contributed by atoms with Gasteiger partial charge in [0.2, 0.25) is 5.91 Å². The fraction of sp³-hybridized carbons (Fsp3) is 0.385. The topological polar surface area (TPSA) is 58.2 Å². The third kappa shape index (κ3) is 3.26. The van der Waals surface area contributed by atoms with E-state index < -0.39 is 0 Å². The summed E-state index contributed by atoms with van der Waals surface area (Å²) in [6.07, 6.45) is 3.35. The second-order valence-electron chi connectivity index (χ2n) is 4.24. The van der Waals surface area contributed by atoms with Gasteiger partial charge < -0.3 is 10.6 Å². The molecule has 1 heterocycles. The molecule has 1 fully saturated rings. The van der Waals surface area contributed by atoms with Crippen molar-refractivity contribution in [2.45, 2.75) is 23.8 Å². The summed E-state index contributed by atoms with van der Waals surface area (Å²) in [4.78, 5) is 24.0. The molecule has 0 aliphatic carbocycles. The summed E-state index contributed by atoms with van der Waals surface area (Å²) in [5.41, 5.74) is 0.650. The van der Waals surface area contributed by atoms with Gasteiger partial charge in [0.1, 0.15) is 0 Å². The third-order valence-electron chi connectivity index (χ3n) is 2.95. The van der Waals surface area contributed by atoms with E-state index in [9.17, 15) is 9.59 Å². The number of rotatable bonds is 4. The predicted octanol–water partition coefficient (Wildman–Crippen LogP) is 1.42. The van der Waals surface area contributed by atoms with Crippen molar-refractivity contribution in [1.82, 2.24) is 10.6 Å². The summed E-state index contributed by atoms with van der Waals surface area (Å²) >= 11 is 1.64. The predicted molar refractivity (Wildman–Crippen MR) is 71.7 cm³/mol. The lowest BCUT2D eigenvalue weighted by Gasteiger charge is -2.11. The number of thioether (sulfide) groups is 1. The van der Waals surface area contributed by atoms with E-state index in [0.717, 1.165) is 11.3 Å². The summed E-state index contributed by atoms with van der Waals surface area (Å²) in [5, 5.41) is 5.66. The number of nitrogens with one attached hydrogen (secondary N) is 2. The van der Waals surface area contributed by atoms with Crippen molar-refractivity contribution in [3.8, 4) is 0 Å². The Morgan fingerprint density at radius 2 is 2.17 bits per heavy atom. The van der Waals surface area contributed by atoms with Crippen molar-refractivity contribution in [2.24, 2.45) is 0 Å². The smallest absolute Gasteiger partial charge is 0.251 e. The largest absolute Gasteiger partial charge is 0.352 e. The Morgan fingerprint density at radius 1 is 1.44 bits per heavy atom. The average molecular weight is 264 g/mol. The quantitative estimate of drug-likeness (QED) is 0.809. The van der Waals surface area contributed by atoms with Gasteiger partial charge in [0.15, 0.2) is 0 Å². The minimum Gasteiger partial charge on any atom is -0.352 e. The Kier molecular flexibility index (Phi) is 4.25. The average Bonchev–Trinajstić information content (AvgIpc) is 2.82. The van der Waals surface area contributed by atoms with E-state index in [1.807, 2.05) is 30.5 Å². The number of hydrogen-bond donors (Lipinski definition) is 2. The molecule has 2 N–H and O–H groups in total. The Hall–Kier alpha value is -1.49. The zero-order valence-corrected chi connectivity index (χ0v) is 11.0. The molecule has 1 aliphatic heterocycles. The van der Waals surface area contributed by atoms with Crippen LogP contribution in [0, 0.1) is 0 Å². The van der Waals surface area contributed by atoms with Gasteiger partial charge in [0, 0.05) is 29.5 Å². The zero-order chi connectivity index (χ0) is 13.0. The maximum atomic E-state index is 11.9.